The van der Waals surface area contributed by atoms with Crippen LogP contribution in [0.4, 0.5) is 17.1 Å². The molecule has 0 atom stereocenters. The number of aryl methyl sites for hydroxylation is 1. The molecule has 2 rings (SSSR count). The first-order valence-corrected chi connectivity index (χ1v) is 6.90. The summed E-state index contributed by atoms with van der Waals surface area (Å²) in [7, 11) is 1.95. The molecule has 2 aromatic rings. The van der Waals surface area contributed by atoms with Crippen molar-refractivity contribution in [2.75, 3.05) is 24.3 Å². The van der Waals surface area contributed by atoms with Crippen LogP contribution >= 0.6 is 0 Å². The number of carbonyl (C=O) groups excluding carboxylic acids is 1. The maximum absolute atomic E-state index is 11.7. The molecule has 110 valence electrons. The summed E-state index contributed by atoms with van der Waals surface area (Å²) in [6, 6.07) is 13.4. The van der Waals surface area contributed by atoms with E-state index in [1.54, 1.807) is 19.1 Å². The van der Waals surface area contributed by atoms with Crippen LogP contribution in [0.5, 0.6) is 0 Å². The highest BCUT2D eigenvalue weighted by molar-refractivity contribution is 5.92. The van der Waals surface area contributed by atoms with Gasteiger partial charge in [-0.05, 0) is 49.7 Å². The summed E-state index contributed by atoms with van der Waals surface area (Å²) in [5.74, 6) is -0.353. The summed E-state index contributed by atoms with van der Waals surface area (Å²) in [6.45, 7) is 4.18. The second-order valence-corrected chi connectivity index (χ2v) is 4.89. The molecule has 0 radical (unpaired) electrons. The van der Waals surface area contributed by atoms with E-state index in [2.05, 4.69) is 6.07 Å². The Labute approximate surface area is 125 Å². The lowest BCUT2D eigenvalue weighted by molar-refractivity contribution is 0.0526. The molecule has 0 fully saturated rings. The maximum Gasteiger partial charge on any atom is 0.338 e. The number of rotatable bonds is 4. The highest BCUT2D eigenvalue weighted by Gasteiger charge is 2.12. The van der Waals surface area contributed by atoms with Crippen molar-refractivity contribution in [3.63, 3.8) is 0 Å². The third-order valence-corrected chi connectivity index (χ3v) is 3.29. The SMILES string of the molecule is CCOC(=O)c1ccc(N(C)c2cccc(C)c2)c(N)c1. The number of esters is 1. The van der Waals surface area contributed by atoms with Gasteiger partial charge in [0.05, 0.1) is 23.5 Å². The monoisotopic (exact) mass is 284 g/mol. The van der Waals surface area contributed by atoms with Crippen LogP contribution in [0.15, 0.2) is 42.5 Å². The first-order chi connectivity index (χ1) is 10.0. The van der Waals surface area contributed by atoms with E-state index in [0.717, 1.165) is 11.4 Å². The Morgan fingerprint density at radius 3 is 2.62 bits per heavy atom. The number of ether oxygens (including phenoxy) is 1. The zero-order valence-corrected chi connectivity index (χ0v) is 12.6. The minimum Gasteiger partial charge on any atom is -0.462 e. The molecule has 0 aliphatic carbocycles. The lowest BCUT2D eigenvalue weighted by atomic mass is 10.1. The number of nitrogens with two attached hydrogens (primary N) is 1. The highest BCUT2D eigenvalue weighted by atomic mass is 16.5. The molecule has 0 unspecified atom stereocenters. The fourth-order valence-electron chi connectivity index (χ4n) is 2.18. The van der Waals surface area contributed by atoms with Crippen molar-refractivity contribution in [3.05, 3.63) is 53.6 Å². The zero-order chi connectivity index (χ0) is 15.4. The van der Waals surface area contributed by atoms with Crippen LogP contribution in [-0.2, 0) is 4.74 Å². The molecular formula is C17H20N2O2. The van der Waals surface area contributed by atoms with Gasteiger partial charge in [0.1, 0.15) is 0 Å². The van der Waals surface area contributed by atoms with Gasteiger partial charge in [-0.3, -0.25) is 0 Å². The third-order valence-electron chi connectivity index (χ3n) is 3.29. The van der Waals surface area contributed by atoms with Gasteiger partial charge < -0.3 is 15.4 Å². The summed E-state index contributed by atoms with van der Waals surface area (Å²) in [6.07, 6.45) is 0. The van der Waals surface area contributed by atoms with Crippen molar-refractivity contribution in [3.8, 4) is 0 Å². The van der Waals surface area contributed by atoms with Crippen molar-refractivity contribution in [1.29, 1.82) is 0 Å². The lowest BCUT2D eigenvalue weighted by Gasteiger charge is -2.22. The molecule has 2 N–H and O–H groups in total. The van der Waals surface area contributed by atoms with E-state index < -0.39 is 0 Å². The van der Waals surface area contributed by atoms with Gasteiger partial charge in [0.25, 0.3) is 0 Å². The number of anilines is 3. The number of hydrogen-bond donors (Lipinski definition) is 1. The normalized spacial score (nSPS) is 10.2. The molecule has 0 amide bonds. The number of benzene rings is 2. The first kappa shape index (κ1) is 14.9. The Balaban J connectivity index is 2.30. The summed E-state index contributed by atoms with van der Waals surface area (Å²) < 4.78 is 4.98. The predicted octanol–water partition coefficient (Wildman–Crippen LogP) is 3.52. The van der Waals surface area contributed by atoms with Crippen LogP contribution in [0.3, 0.4) is 0 Å². The van der Waals surface area contributed by atoms with Gasteiger partial charge in [-0.2, -0.15) is 0 Å². The van der Waals surface area contributed by atoms with Gasteiger partial charge >= 0.3 is 5.97 Å². The molecule has 0 aliphatic heterocycles. The average molecular weight is 284 g/mol. The maximum atomic E-state index is 11.7. The molecule has 0 saturated heterocycles. The van der Waals surface area contributed by atoms with Gasteiger partial charge in [-0.15, -0.1) is 0 Å². The zero-order valence-electron chi connectivity index (χ0n) is 12.6. The number of carbonyl (C=O) groups is 1. The summed E-state index contributed by atoms with van der Waals surface area (Å²) in [5, 5.41) is 0. The molecule has 0 aromatic heterocycles. The van der Waals surface area contributed by atoms with E-state index in [9.17, 15) is 4.79 Å². The number of nitrogens with zero attached hydrogens (tertiary/aromatic N) is 1. The van der Waals surface area contributed by atoms with Crippen molar-refractivity contribution >= 4 is 23.0 Å². The van der Waals surface area contributed by atoms with Crippen LogP contribution in [0.2, 0.25) is 0 Å². The Hall–Kier alpha value is -2.49. The lowest BCUT2D eigenvalue weighted by Crippen LogP contribution is -2.13. The Bertz CT molecular complexity index is 653. The fourth-order valence-corrected chi connectivity index (χ4v) is 2.18. The molecule has 0 bridgehead atoms. The standard InChI is InChI=1S/C17H20N2O2/c1-4-21-17(20)13-8-9-16(15(18)11-13)19(3)14-7-5-6-12(2)10-14/h5-11H,4,18H2,1-3H3. The minimum atomic E-state index is -0.353. The van der Waals surface area contributed by atoms with E-state index in [-0.39, 0.29) is 5.97 Å². The van der Waals surface area contributed by atoms with Gasteiger partial charge in [0.15, 0.2) is 0 Å². The summed E-state index contributed by atoms with van der Waals surface area (Å²) in [4.78, 5) is 13.7. The quantitative estimate of drug-likeness (QED) is 0.689. The van der Waals surface area contributed by atoms with Crippen LogP contribution in [0.1, 0.15) is 22.8 Å². The molecular weight excluding hydrogens is 264 g/mol. The topological polar surface area (TPSA) is 55.6 Å². The molecule has 0 heterocycles. The van der Waals surface area contributed by atoms with Gasteiger partial charge in [-0.25, -0.2) is 4.79 Å². The van der Waals surface area contributed by atoms with Crippen LogP contribution in [-0.4, -0.2) is 19.6 Å². The molecule has 0 aliphatic rings. The van der Waals surface area contributed by atoms with Crippen molar-refractivity contribution < 1.29 is 9.53 Å². The van der Waals surface area contributed by atoms with Crippen molar-refractivity contribution in [2.24, 2.45) is 0 Å². The minimum absolute atomic E-state index is 0.351. The van der Waals surface area contributed by atoms with Gasteiger partial charge in [-0.1, -0.05) is 12.1 Å². The van der Waals surface area contributed by atoms with Gasteiger partial charge in [0, 0.05) is 12.7 Å². The van der Waals surface area contributed by atoms with E-state index in [4.69, 9.17) is 10.5 Å². The van der Waals surface area contributed by atoms with E-state index in [1.807, 2.05) is 43.1 Å². The smallest absolute Gasteiger partial charge is 0.338 e. The average Bonchev–Trinajstić information content (AvgIpc) is 2.46. The molecule has 0 spiro atoms. The van der Waals surface area contributed by atoms with Crippen LogP contribution in [0.25, 0.3) is 0 Å². The molecule has 0 saturated carbocycles. The van der Waals surface area contributed by atoms with E-state index in [1.165, 1.54) is 5.56 Å². The Kier molecular flexibility index (Phi) is 4.48. The third kappa shape index (κ3) is 3.34. The second kappa shape index (κ2) is 6.31. The molecule has 21 heavy (non-hydrogen) atoms. The second-order valence-electron chi connectivity index (χ2n) is 4.89. The van der Waals surface area contributed by atoms with Gasteiger partial charge in [0.2, 0.25) is 0 Å². The number of nitrogen functional groups attached to an aromatic ring is 1. The summed E-state index contributed by atoms with van der Waals surface area (Å²) >= 11 is 0. The first-order valence-electron chi connectivity index (χ1n) is 6.90. The fraction of sp³-hybridized carbons (Fsp3) is 0.235. The molecule has 2 aromatic carbocycles. The Morgan fingerprint density at radius 1 is 1.24 bits per heavy atom. The predicted molar refractivity (Wildman–Crippen MR) is 86.1 cm³/mol. The van der Waals surface area contributed by atoms with Crippen LogP contribution in [0, 0.1) is 6.92 Å². The van der Waals surface area contributed by atoms with E-state index in [0.29, 0.717) is 17.9 Å². The van der Waals surface area contributed by atoms with Crippen molar-refractivity contribution in [1.82, 2.24) is 0 Å². The van der Waals surface area contributed by atoms with E-state index >= 15 is 0 Å². The van der Waals surface area contributed by atoms with Crippen molar-refractivity contribution in [2.45, 2.75) is 13.8 Å². The summed E-state index contributed by atoms with van der Waals surface area (Å²) in [5.41, 5.74) is 10.2. The largest absolute Gasteiger partial charge is 0.462 e. The Morgan fingerprint density at radius 2 is 2.00 bits per heavy atom. The molecule has 4 nitrogen and oxygen atoms in total. The highest BCUT2D eigenvalue weighted by Crippen LogP contribution is 2.30. The number of hydrogen-bond acceptors (Lipinski definition) is 4. The molecule has 4 heteroatoms. The van der Waals surface area contributed by atoms with Crippen LogP contribution < -0.4 is 10.6 Å².